The molecule has 2 atom stereocenters. The molecule has 2 aromatic carbocycles. The summed E-state index contributed by atoms with van der Waals surface area (Å²) in [6, 6.07) is 9.53. The van der Waals surface area contributed by atoms with E-state index >= 15 is 4.39 Å². The second-order valence-corrected chi connectivity index (χ2v) is 17.3. The molecular formula is C43H52F2N6O6. The molecule has 57 heavy (non-hydrogen) atoms. The van der Waals surface area contributed by atoms with E-state index in [4.69, 9.17) is 33.9 Å². The van der Waals surface area contributed by atoms with E-state index in [-0.39, 0.29) is 60.4 Å². The first-order valence-corrected chi connectivity index (χ1v) is 20.1. The number of piperazine rings is 1. The second-order valence-electron chi connectivity index (χ2n) is 17.3. The monoisotopic (exact) mass is 786 g/mol. The first-order valence-electron chi connectivity index (χ1n) is 20.1. The fourth-order valence-corrected chi connectivity index (χ4v) is 8.79. The van der Waals surface area contributed by atoms with Gasteiger partial charge in [-0.05, 0) is 81.3 Å². The number of aryl methyl sites for hydroxylation is 1. The zero-order valence-corrected chi connectivity index (χ0v) is 33.5. The van der Waals surface area contributed by atoms with Crippen molar-refractivity contribution >= 4 is 39.9 Å². The van der Waals surface area contributed by atoms with Gasteiger partial charge in [-0.15, -0.1) is 0 Å². The van der Waals surface area contributed by atoms with E-state index in [1.807, 2.05) is 49.9 Å². The van der Waals surface area contributed by atoms with Gasteiger partial charge in [0.15, 0.2) is 24.6 Å². The number of nitrogens with zero attached hydrogens (tertiary/aromatic N) is 6. The van der Waals surface area contributed by atoms with Crippen LogP contribution in [0.15, 0.2) is 36.5 Å². The highest BCUT2D eigenvalue weighted by Crippen LogP contribution is 2.47. The van der Waals surface area contributed by atoms with Gasteiger partial charge < -0.3 is 28.7 Å². The number of benzene rings is 2. The SMILES string of the molecule is CCc1cccc2cc(OCOC)cc(-c3ncc4c(N5CC6CCC(C5)N6C(=O)OC(C)(C)C)nc(OCC5(CN6CCC(F)(C=O)CC6)CC5)nc4c3F)c12. The lowest BCUT2D eigenvalue weighted by Gasteiger charge is -2.42. The number of anilines is 1. The van der Waals surface area contributed by atoms with E-state index in [1.54, 1.807) is 19.4 Å². The highest BCUT2D eigenvalue weighted by molar-refractivity contribution is 6.01. The number of aldehydes is 1. The Hall–Kier alpha value is -4.69. The van der Waals surface area contributed by atoms with Crippen molar-refractivity contribution in [2.75, 3.05) is 58.1 Å². The molecule has 2 bridgehead atoms. The van der Waals surface area contributed by atoms with Gasteiger partial charge in [0.05, 0.1) is 24.1 Å². The number of piperidine rings is 1. The molecule has 2 unspecified atom stereocenters. The number of hydrogen-bond donors (Lipinski definition) is 0. The Bertz CT molecular complexity index is 2150. The lowest BCUT2D eigenvalue weighted by molar-refractivity contribution is -0.120. The molecular weight excluding hydrogens is 735 g/mol. The maximum absolute atomic E-state index is 17.4. The predicted molar refractivity (Wildman–Crippen MR) is 212 cm³/mol. The quantitative estimate of drug-likeness (QED) is 0.107. The summed E-state index contributed by atoms with van der Waals surface area (Å²) in [5.74, 6) is 0.414. The molecule has 4 aliphatic rings. The van der Waals surface area contributed by atoms with Crippen LogP contribution < -0.4 is 14.4 Å². The molecule has 4 aromatic rings. The maximum Gasteiger partial charge on any atom is 0.410 e. The van der Waals surface area contributed by atoms with E-state index in [1.165, 1.54) is 0 Å². The molecule has 2 aromatic heterocycles. The lowest BCUT2D eigenvalue weighted by atomic mass is 9.94. The number of alkyl halides is 1. The average Bonchev–Trinajstić information content (AvgIpc) is 3.91. The first-order chi connectivity index (χ1) is 27.3. The molecule has 14 heteroatoms. The third-order valence-corrected chi connectivity index (χ3v) is 12.0. The number of fused-ring (bicyclic) bond motifs is 4. The number of halogens is 2. The minimum Gasteiger partial charge on any atom is -0.468 e. The smallest absolute Gasteiger partial charge is 0.410 e. The minimum absolute atomic E-state index is 0.0289. The zero-order valence-electron chi connectivity index (χ0n) is 33.5. The number of likely N-dealkylation sites (tertiary alicyclic amines) is 1. The summed E-state index contributed by atoms with van der Waals surface area (Å²) in [6.07, 6.45) is 6.31. The largest absolute Gasteiger partial charge is 0.468 e. The van der Waals surface area contributed by atoms with Crippen LogP contribution in [0, 0.1) is 11.2 Å². The van der Waals surface area contributed by atoms with Crippen LogP contribution in [0.3, 0.4) is 0 Å². The fraction of sp³-hybridized carbons (Fsp3) is 0.558. The summed E-state index contributed by atoms with van der Waals surface area (Å²) in [4.78, 5) is 45.2. The number of carbonyl (C=O) groups is 2. The van der Waals surface area contributed by atoms with Crippen molar-refractivity contribution in [3.05, 3.63) is 47.9 Å². The first kappa shape index (κ1) is 39.2. The highest BCUT2D eigenvalue weighted by atomic mass is 19.1. The van der Waals surface area contributed by atoms with Crippen LogP contribution in [0.4, 0.5) is 19.4 Å². The summed E-state index contributed by atoms with van der Waals surface area (Å²) in [5.41, 5.74) is -0.716. The fourth-order valence-electron chi connectivity index (χ4n) is 8.79. The molecule has 304 valence electrons. The number of rotatable bonds is 12. The van der Waals surface area contributed by atoms with Crippen molar-refractivity contribution < 1.29 is 37.3 Å². The predicted octanol–water partition coefficient (Wildman–Crippen LogP) is 7.28. The van der Waals surface area contributed by atoms with Crippen molar-refractivity contribution in [2.45, 2.75) is 96.0 Å². The summed E-state index contributed by atoms with van der Waals surface area (Å²) in [5, 5.41) is 2.21. The van der Waals surface area contributed by atoms with E-state index < -0.39 is 17.1 Å². The van der Waals surface area contributed by atoms with E-state index in [9.17, 15) is 14.0 Å². The standard InChI is InChI=1S/C43H52F2N6O6/c1-6-27-8-7-9-28-18-31(56-26-54-5)19-32(34(27)28)36-35(44)37-33(20-46-36)38(50-21-29-10-11-30(22-50)51(29)40(53)57-41(2,3)4)48-39(47-37)55-25-42(12-13-42)23-49-16-14-43(45,24-52)15-17-49/h7-9,18-20,24,29-30H,6,10-17,21-23,25-26H2,1-5H3. The summed E-state index contributed by atoms with van der Waals surface area (Å²) in [7, 11) is 1.55. The highest BCUT2D eigenvalue weighted by Gasteiger charge is 2.47. The number of amides is 1. The number of carbonyl (C=O) groups excluding carboxylic acids is 2. The van der Waals surface area contributed by atoms with Crippen LogP contribution in [0.2, 0.25) is 0 Å². The molecule has 3 aliphatic heterocycles. The maximum atomic E-state index is 17.4. The Kier molecular flexibility index (Phi) is 10.5. The van der Waals surface area contributed by atoms with Gasteiger partial charge in [0.2, 0.25) is 0 Å². The molecule has 12 nitrogen and oxygen atoms in total. The Labute approximate surface area is 331 Å². The molecule has 5 heterocycles. The third kappa shape index (κ3) is 7.95. The van der Waals surface area contributed by atoms with Crippen molar-refractivity contribution in [1.29, 1.82) is 0 Å². The van der Waals surface area contributed by atoms with Crippen LogP contribution in [0.5, 0.6) is 11.8 Å². The van der Waals surface area contributed by atoms with E-state index in [0.29, 0.717) is 68.1 Å². The average molecular weight is 787 g/mol. The van der Waals surface area contributed by atoms with Crippen LogP contribution in [-0.4, -0.2) is 114 Å². The Morgan fingerprint density at radius 3 is 2.42 bits per heavy atom. The summed E-state index contributed by atoms with van der Waals surface area (Å²) < 4.78 is 55.3. The van der Waals surface area contributed by atoms with Gasteiger partial charge in [-0.25, -0.2) is 13.6 Å². The number of aromatic nitrogens is 3. The number of methoxy groups -OCH3 is 1. The summed E-state index contributed by atoms with van der Waals surface area (Å²) in [6.45, 7) is 10.6. The zero-order chi connectivity index (χ0) is 40.1. The van der Waals surface area contributed by atoms with Crippen molar-refractivity contribution in [3.8, 4) is 23.0 Å². The van der Waals surface area contributed by atoms with E-state index in [2.05, 4.69) is 16.7 Å². The Morgan fingerprint density at radius 1 is 1.04 bits per heavy atom. The number of pyridine rings is 1. The minimum atomic E-state index is -1.75. The Morgan fingerprint density at radius 2 is 1.77 bits per heavy atom. The van der Waals surface area contributed by atoms with Gasteiger partial charge in [-0.3, -0.25) is 14.7 Å². The normalized spacial score (nSPS) is 21.5. The van der Waals surface area contributed by atoms with Crippen LogP contribution in [0.25, 0.3) is 32.9 Å². The van der Waals surface area contributed by atoms with Gasteiger partial charge in [-0.1, -0.05) is 25.1 Å². The topological polar surface area (TPSA) is 119 Å². The molecule has 4 fully saturated rings. The molecule has 0 N–H and O–H groups in total. The van der Waals surface area contributed by atoms with Crippen LogP contribution >= 0.6 is 0 Å². The van der Waals surface area contributed by atoms with Gasteiger partial charge in [0.1, 0.15) is 28.4 Å². The molecule has 8 rings (SSSR count). The number of ether oxygens (including phenoxy) is 4. The Balaban J connectivity index is 1.16. The van der Waals surface area contributed by atoms with Crippen LogP contribution in [0.1, 0.15) is 71.8 Å². The van der Waals surface area contributed by atoms with Gasteiger partial charge >= 0.3 is 12.1 Å². The second kappa shape index (κ2) is 15.2. The molecule has 1 amide bonds. The summed E-state index contributed by atoms with van der Waals surface area (Å²) >= 11 is 0. The van der Waals surface area contributed by atoms with E-state index in [0.717, 1.165) is 48.4 Å². The molecule has 0 radical (unpaired) electrons. The van der Waals surface area contributed by atoms with Crippen molar-refractivity contribution in [1.82, 2.24) is 24.8 Å². The van der Waals surface area contributed by atoms with Gasteiger partial charge in [-0.2, -0.15) is 9.97 Å². The van der Waals surface area contributed by atoms with Gasteiger partial charge in [0.25, 0.3) is 0 Å². The lowest BCUT2D eigenvalue weighted by Crippen LogP contribution is -2.57. The molecule has 0 spiro atoms. The van der Waals surface area contributed by atoms with Crippen molar-refractivity contribution in [2.24, 2.45) is 5.41 Å². The van der Waals surface area contributed by atoms with Gasteiger partial charge in [0, 0.05) is 69.9 Å². The third-order valence-electron chi connectivity index (χ3n) is 12.0. The number of hydrogen-bond acceptors (Lipinski definition) is 11. The molecule has 1 saturated carbocycles. The van der Waals surface area contributed by atoms with Crippen molar-refractivity contribution in [3.63, 3.8) is 0 Å². The van der Waals surface area contributed by atoms with Crippen LogP contribution in [-0.2, 0) is 20.7 Å². The molecule has 3 saturated heterocycles. The molecule has 1 aliphatic carbocycles.